The van der Waals surface area contributed by atoms with Gasteiger partial charge in [-0.25, -0.2) is 12.8 Å². The van der Waals surface area contributed by atoms with Crippen molar-refractivity contribution in [2.24, 2.45) is 0 Å². The molecule has 0 spiro atoms. The Labute approximate surface area is 133 Å². The topological polar surface area (TPSA) is 76.8 Å². The molecule has 0 saturated heterocycles. The quantitative estimate of drug-likeness (QED) is 0.722. The van der Waals surface area contributed by atoms with Crippen molar-refractivity contribution in [2.75, 3.05) is 13.2 Å². The molecule has 0 aliphatic carbocycles. The van der Waals surface area contributed by atoms with E-state index in [2.05, 4.69) is 0 Å². The van der Waals surface area contributed by atoms with Crippen molar-refractivity contribution in [3.05, 3.63) is 54.2 Å². The molecule has 1 aromatic carbocycles. The summed E-state index contributed by atoms with van der Waals surface area (Å²) < 4.78 is 49.2. The molecule has 2 rings (SSSR count). The summed E-state index contributed by atoms with van der Waals surface area (Å²) >= 11 is 0. The van der Waals surface area contributed by atoms with Crippen LogP contribution in [0.1, 0.15) is 12.7 Å². The second-order valence-corrected chi connectivity index (χ2v) is 6.55. The number of rotatable bonds is 7. The summed E-state index contributed by atoms with van der Waals surface area (Å²) in [6.45, 7) is 1.17. The lowest BCUT2D eigenvalue weighted by atomic mass is 10.4. The maximum Gasteiger partial charge on any atom is 0.321 e. The van der Waals surface area contributed by atoms with Crippen LogP contribution in [0.2, 0.25) is 0 Å². The van der Waals surface area contributed by atoms with Crippen molar-refractivity contribution < 1.29 is 26.8 Å². The SMILES string of the molecule is CCOC(=O)CN(Cc1ccco1)S(=O)(=O)c1ccc(F)cc1. The van der Waals surface area contributed by atoms with Gasteiger partial charge < -0.3 is 9.15 Å². The van der Waals surface area contributed by atoms with Gasteiger partial charge >= 0.3 is 5.97 Å². The van der Waals surface area contributed by atoms with Gasteiger partial charge in [-0.3, -0.25) is 4.79 Å². The summed E-state index contributed by atoms with van der Waals surface area (Å²) in [6.07, 6.45) is 1.41. The van der Waals surface area contributed by atoms with Crippen molar-refractivity contribution in [1.29, 1.82) is 0 Å². The summed E-state index contributed by atoms with van der Waals surface area (Å²) in [4.78, 5) is 11.6. The van der Waals surface area contributed by atoms with Crippen LogP contribution in [0.25, 0.3) is 0 Å². The summed E-state index contributed by atoms with van der Waals surface area (Å²) in [7, 11) is -4.00. The fraction of sp³-hybridized carbons (Fsp3) is 0.267. The van der Waals surface area contributed by atoms with Gasteiger partial charge in [0.05, 0.1) is 24.3 Å². The normalized spacial score (nSPS) is 11.6. The van der Waals surface area contributed by atoms with Gasteiger partial charge in [-0.05, 0) is 43.3 Å². The maximum absolute atomic E-state index is 13.0. The van der Waals surface area contributed by atoms with Crippen LogP contribution in [0.15, 0.2) is 52.0 Å². The maximum atomic E-state index is 13.0. The smallest absolute Gasteiger partial charge is 0.321 e. The van der Waals surface area contributed by atoms with E-state index in [1.165, 1.54) is 6.26 Å². The van der Waals surface area contributed by atoms with Crippen LogP contribution in [0, 0.1) is 5.82 Å². The average Bonchev–Trinajstić information content (AvgIpc) is 3.00. The molecule has 0 saturated carbocycles. The van der Waals surface area contributed by atoms with Crippen LogP contribution >= 0.6 is 0 Å². The Bertz CT molecular complexity index is 741. The minimum atomic E-state index is -4.00. The average molecular weight is 341 g/mol. The van der Waals surface area contributed by atoms with E-state index in [1.807, 2.05) is 0 Å². The van der Waals surface area contributed by atoms with Crippen molar-refractivity contribution in [1.82, 2.24) is 4.31 Å². The van der Waals surface area contributed by atoms with E-state index in [9.17, 15) is 17.6 Å². The largest absolute Gasteiger partial charge is 0.468 e. The number of carbonyl (C=O) groups excluding carboxylic acids is 1. The molecule has 0 N–H and O–H groups in total. The van der Waals surface area contributed by atoms with Crippen LogP contribution < -0.4 is 0 Å². The first-order valence-corrected chi connectivity index (χ1v) is 8.31. The van der Waals surface area contributed by atoms with Gasteiger partial charge in [0.25, 0.3) is 0 Å². The zero-order valence-electron chi connectivity index (χ0n) is 12.4. The molecule has 23 heavy (non-hydrogen) atoms. The predicted molar refractivity (Wildman–Crippen MR) is 79.3 cm³/mol. The first-order valence-electron chi connectivity index (χ1n) is 6.87. The van der Waals surface area contributed by atoms with Gasteiger partial charge in [-0.1, -0.05) is 0 Å². The van der Waals surface area contributed by atoms with Crippen molar-refractivity contribution in [2.45, 2.75) is 18.4 Å². The molecule has 0 aliphatic rings. The van der Waals surface area contributed by atoms with Gasteiger partial charge in [-0.15, -0.1) is 0 Å². The molecule has 0 unspecified atom stereocenters. The zero-order valence-corrected chi connectivity index (χ0v) is 13.3. The number of ether oxygens (including phenoxy) is 1. The summed E-state index contributed by atoms with van der Waals surface area (Å²) in [5, 5.41) is 0. The van der Waals surface area contributed by atoms with Crippen LogP contribution in [0.3, 0.4) is 0 Å². The predicted octanol–water partition coefficient (Wildman–Crippen LogP) is 2.17. The Kier molecular flexibility index (Phi) is 5.51. The Balaban J connectivity index is 2.30. The highest BCUT2D eigenvalue weighted by Crippen LogP contribution is 2.19. The molecule has 0 fully saturated rings. The van der Waals surface area contributed by atoms with Crippen molar-refractivity contribution in [3.8, 4) is 0 Å². The third-order valence-electron chi connectivity index (χ3n) is 2.97. The molecular weight excluding hydrogens is 325 g/mol. The van der Waals surface area contributed by atoms with Gasteiger partial charge in [0.1, 0.15) is 18.1 Å². The molecule has 1 aromatic heterocycles. The number of nitrogens with zero attached hydrogens (tertiary/aromatic N) is 1. The molecule has 124 valence electrons. The third kappa shape index (κ3) is 4.40. The Morgan fingerprint density at radius 2 is 1.96 bits per heavy atom. The number of furan rings is 1. The first-order chi connectivity index (χ1) is 10.9. The van der Waals surface area contributed by atoms with Crippen LogP contribution in [-0.4, -0.2) is 31.8 Å². The molecule has 0 radical (unpaired) electrons. The Morgan fingerprint density at radius 1 is 1.26 bits per heavy atom. The third-order valence-corrected chi connectivity index (χ3v) is 4.78. The monoisotopic (exact) mass is 341 g/mol. The van der Waals surface area contributed by atoms with E-state index >= 15 is 0 Å². The van der Waals surface area contributed by atoms with Crippen LogP contribution in [0.4, 0.5) is 4.39 Å². The Morgan fingerprint density at radius 3 is 2.52 bits per heavy atom. The lowest BCUT2D eigenvalue weighted by Gasteiger charge is -2.20. The Hall–Kier alpha value is -2.19. The van der Waals surface area contributed by atoms with Gasteiger partial charge in [0.2, 0.25) is 10.0 Å². The zero-order chi connectivity index (χ0) is 16.9. The van der Waals surface area contributed by atoms with E-state index in [4.69, 9.17) is 9.15 Å². The van der Waals surface area contributed by atoms with E-state index < -0.39 is 28.4 Å². The van der Waals surface area contributed by atoms with Crippen LogP contribution in [0.5, 0.6) is 0 Å². The van der Waals surface area contributed by atoms with Gasteiger partial charge in [-0.2, -0.15) is 4.31 Å². The number of esters is 1. The van der Waals surface area contributed by atoms with Crippen molar-refractivity contribution in [3.63, 3.8) is 0 Å². The number of hydrogen-bond acceptors (Lipinski definition) is 5. The standard InChI is InChI=1S/C15H16FNO5S/c1-2-21-15(18)11-17(10-13-4-3-9-22-13)23(19,20)14-7-5-12(16)6-8-14/h3-9H,2,10-11H2,1H3. The fourth-order valence-corrected chi connectivity index (χ4v) is 3.26. The molecular formula is C15H16FNO5S. The lowest BCUT2D eigenvalue weighted by molar-refractivity contribution is -0.143. The van der Waals surface area contributed by atoms with E-state index in [0.717, 1.165) is 28.6 Å². The molecule has 6 nitrogen and oxygen atoms in total. The molecule has 8 heteroatoms. The van der Waals surface area contributed by atoms with Crippen molar-refractivity contribution >= 4 is 16.0 Å². The lowest BCUT2D eigenvalue weighted by Crippen LogP contribution is -2.36. The van der Waals surface area contributed by atoms with E-state index in [1.54, 1.807) is 19.1 Å². The summed E-state index contributed by atoms with van der Waals surface area (Å²) in [5.41, 5.74) is 0. The molecule has 2 aromatic rings. The highest BCUT2D eigenvalue weighted by Gasteiger charge is 2.28. The van der Waals surface area contributed by atoms with Gasteiger partial charge in [0, 0.05) is 0 Å². The molecule has 0 bridgehead atoms. The second kappa shape index (κ2) is 7.38. The molecule has 0 atom stereocenters. The number of sulfonamides is 1. The number of carbonyl (C=O) groups is 1. The number of hydrogen-bond donors (Lipinski definition) is 0. The second-order valence-electron chi connectivity index (χ2n) is 4.61. The van der Waals surface area contributed by atoms with Gasteiger partial charge in [0.15, 0.2) is 0 Å². The minimum Gasteiger partial charge on any atom is -0.468 e. The highest BCUT2D eigenvalue weighted by atomic mass is 32.2. The number of halogens is 1. The minimum absolute atomic E-state index is 0.116. The highest BCUT2D eigenvalue weighted by molar-refractivity contribution is 7.89. The van der Waals surface area contributed by atoms with Crippen LogP contribution in [-0.2, 0) is 26.1 Å². The van der Waals surface area contributed by atoms with E-state index in [-0.39, 0.29) is 18.0 Å². The molecule has 0 aliphatic heterocycles. The molecule has 0 amide bonds. The first kappa shape index (κ1) is 17.2. The fourth-order valence-electron chi connectivity index (χ4n) is 1.91. The summed E-state index contributed by atoms with van der Waals surface area (Å²) in [5.74, 6) is -0.850. The van der Waals surface area contributed by atoms with E-state index in [0.29, 0.717) is 5.76 Å². The summed E-state index contributed by atoms with van der Waals surface area (Å²) in [6, 6.07) is 7.58. The number of benzene rings is 1. The molecule has 1 heterocycles.